The third-order valence-corrected chi connectivity index (χ3v) is 3.54. The van der Waals surface area contributed by atoms with Crippen LogP contribution in [0.4, 0.5) is 11.4 Å². The van der Waals surface area contributed by atoms with E-state index in [4.69, 9.17) is 16.3 Å². The lowest BCUT2D eigenvalue weighted by molar-refractivity contribution is -0.386. The van der Waals surface area contributed by atoms with Crippen molar-refractivity contribution in [3.8, 4) is 5.75 Å². The van der Waals surface area contributed by atoms with Crippen LogP contribution in [-0.4, -0.2) is 22.5 Å². The summed E-state index contributed by atoms with van der Waals surface area (Å²) in [7, 11) is 1.44. The number of anilines is 1. The molecular formula is C15H14ClN3O5. The Labute approximate surface area is 141 Å². The number of nitrogens with zero attached hydrogens (tertiary/aromatic N) is 2. The van der Waals surface area contributed by atoms with Gasteiger partial charge in [-0.05, 0) is 31.2 Å². The second-order valence-corrected chi connectivity index (χ2v) is 5.34. The van der Waals surface area contributed by atoms with Gasteiger partial charge in [-0.3, -0.25) is 24.3 Å². The van der Waals surface area contributed by atoms with Crippen molar-refractivity contribution < 1.29 is 14.5 Å². The normalized spacial score (nSPS) is 10.3. The minimum atomic E-state index is -0.840. The molecule has 0 fully saturated rings. The van der Waals surface area contributed by atoms with Gasteiger partial charge in [-0.1, -0.05) is 11.6 Å². The smallest absolute Gasteiger partial charge is 0.334 e. The van der Waals surface area contributed by atoms with Gasteiger partial charge in [0.2, 0.25) is 5.91 Å². The van der Waals surface area contributed by atoms with Crippen molar-refractivity contribution in [1.82, 2.24) is 4.57 Å². The van der Waals surface area contributed by atoms with Crippen LogP contribution in [-0.2, 0) is 11.3 Å². The van der Waals surface area contributed by atoms with Crippen LogP contribution >= 0.6 is 11.6 Å². The van der Waals surface area contributed by atoms with Gasteiger partial charge < -0.3 is 10.1 Å². The van der Waals surface area contributed by atoms with Crippen LogP contribution < -0.4 is 15.6 Å². The van der Waals surface area contributed by atoms with Crippen LogP contribution in [0.25, 0.3) is 0 Å². The van der Waals surface area contributed by atoms with E-state index < -0.39 is 22.1 Å². The molecule has 1 heterocycles. The van der Waals surface area contributed by atoms with Crippen LogP contribution in [0, 0.1) is 17.0 Å². The average Bonchev–Trinajstić information content (AvgIpc) is 2.51. The Morgan fingerprint density at radius 1 is 1.38 bits per heavy atom. The summed E-state index contributed by atoms with van der Waals surface area (Å²) in [5, 5.41) is 13.8. The lowest BCUT2D eigenvalue weighted by Crippen LogP contribution is -2.30. The molecular weight excluding hydrogens is 338 g/mol. The number of nitro groups is 1. The summed E-state index contributed by atoms with van der Waals surface area (Å²) in [6, 6.07) is 7.22. The van der Waals surface area contributed by atoms with Gasteiger partial charge >= 0.3 is 11.2 Å². The first-order valence-corrected chi connectivity index (χ1v) is 7.19. The van der Waals surface area contributed by atoms with Crippen LogP contribution in [0.15, 0.2) is 35.1 Å². The summed E-state index contributed by atoms with van der Waals surface area (Å²) in [6.45, 7) is 1.21. The zero-order chi connectivity index (χ0) is 17.9. The Balaban J connectivity index is 2.28. The molecule has 9 heteroatoms. The van der Waals surface area contributed by atoms with Gasteiger partial charge in [0.15, 0.2) is 0 Å². The molecule has 1 aromatic heterocycles. The zero-order valence-electron chi connectivity index (χ0n) is 12.9. The summed E-state index contributed by atoms with van der Waals surface area (Å²) in [4.78, 5) is 34.4. The summed E-state index contributed by atoms with van der Waals surface area (Å²) in [6.07, 6.45) is 0. The summed E-state index contributed by atoms with van der Waals surface area (Å²) in [5.41, 5.74) is -0.660. The molecule has 2 rings (SSSR count). The number of amides is 1. The largest absolute Gasteiger partial charge is 0.495 e. The standard InChI is InChI=1S/C15H14ClN3O5/c1-9-3-5-12(19(22)23)15(21)18(9)8-14(20)17-11-7-10(16)4-6-13(11)24-2/h3-7H,8H2,1-2H3,(H,17,20). The van der Waals surface area contributed by atoms with E-state index in [2.05, 4.69) is 5.32 Å². The number of carbonyl (C=O) groups is 1. The van der Waals surface area contributed by atoms with Crippen LogP contribution in [0.3, 0.4) is 0 Å². The predicted molar refractivity (Wildman–Crippen MR) is 88.7 cm³/mol. The number of rotatable bonds is 5. The maximum atomic E-state index is 12.2. The van der Waals surface area contributed by atoms with Crippen molar-refractivity contribution in [2.75, 3.05) is 12.4 Å². The Morgan fingerprint density at radius 2 is 2.08 bits per heavy atom. The first kappa shape index (κ1) is 17.5. The van der Waals surface area contributed by atoms with Crippen molar-refractivity contribution in [3.63, 3.8) is 0 Å². The number of benzene rings is 1. The minimum Gasteiger partial charge on any atom is -0.495 e. The van der Waals surface area contributed by atoms with Crippen molar-refractivity contribution in [2.45, 2.75) is 13.5 Å². The van der Waals surface area contributed by atoms with Crippen molar-refractivity contribution >= 4 is 28.9 Å². The van der Waals surface area contributed by atoms with E-state index in [1.165, 1.54) is 19.2 Å². The summed E-state index contributed by atoms with van der Waals surface area (Å²) < 4.78 is 6.15. The number of ether oxygens (including phenoxy) is 1. The minimum absolute atomic E-state index is 0.339. The number of halogens is 1. The van der Waals surface area contributed by atoms with Crippen molar-refractivity contribution in [2.24, 2.45) is 0 Å². The first-order valence-electron chi connectivity index (χ1n) is 6.81. The molecule has 0 bridgehead atoms. The van der Waals surface area contributed by atoms with Gasteiger partial charge in [0, 0.05) is 16.8 Å². The highest BCUT2D eigenvalue weighted by molar-refractivity contribution is 6.31. The Morgan fingerprint density at radius 3 is 2.71 bits per heavy atom. The molecule has 126 valence electrons. The fraction of sp³-hybridized carbons (Fsp3) is 0.200. The topological polar surface area (TPSA) is 103 Å². The van der Waals surface area contributed by atoms with Crippen LogP contribution in [0.1, 0.15) is 5.69 Å². The van der Waals surface area contributed by atoms with Crippen LogP contribution in [0.2, 0.25) is 5.02 Å². The predicted octanol–water partition coefficient (Wildman–Crippen LogP) is 2.37. The molecule has 1 N–H and O–H groups in total. The van der Waals surface area contributed by atoms with E-state index in [0.29, 0.717) is 22.2 Å². The summed E-state index contributed by atoms with van der Waals surface area (Å²) in [5.74, 6) is -0.142. The van der Waals surface area contributed by atoms with Crippen LogP contribution in [0.5, 0.6) is 5.75 Å². The second-order valence-electron chi connectivity index (χ2n) is 4.90. The monoisotopic (exact) mass is 351 g/mol. The van der Waals surface area contributed by atoms with E-state index in [1.54, 1.807) is 19.1 Å². The number of nitrogens with one attached hydrogen (secondary N) is 1. The van der Waals surface area contributed by atoms with E-state index in [1.807, 2.05) is 0 Å². The van der Waals surface area contributed by atoms with E-state index >= 15 is 0 Å². The molecule has 2 aromatic rings. The highest BCUT2D eigenvalue weighted by atomic mass is 35.5. The molecule has 0 saturated heterocycles. The zero-order valence-corrected chi connectivity index (χ0v) is 13.7. The molecule has 24 heavy (non-hydrogen) atoms. The molecule has 0 spiro atoms. The molecule has 0 saturated carbocycles. The molecule has 0 aliphatic heterocycles. The number of aromatic nitrogens is 1. The van der Waals surface area contributed by atoms with Crippen molar-refractivity contribution in [3.05, 3.63) is 61.5 Å². The highest BCUT2D eigenvalue weighted by Gasteiger charge is 2.18. The second kappa shape index (κ2) is 7.14. The number of hydrogen-bond acceptors (Lipinski definition) is 5. The Kier molecular flexibility index (Phi) is 5.20. The maximum Gasteiger partial charge on any atom is 0.334 e. The van der Waals surface area contributed by atoms with Gasteiger partial charge in [0.1, 0.15) is 12.3 Å². The highest BCUT2D eigenvalue weighted by Crippen LogP contribution is 2.27. The van der Waals surface area contributed by atoms with E-state index in [9.17, 15) is 19.7 Å². The summed E-state index contributed by atoms with van der Waals surface area (Å²) >= 11 is 5.89. The van der Waals surface area contributed by atoms with Gasteiger partial charge in [-0.2, -0.15) is 0 Å². The number of carbonyl (C=O) groups excluding carboxylic acids is 1. The third kappa shape index (κ3) is 3.72. The lowest BCUT2D eigenvalue weighted by Gasteiger charge is -2.12. The molecule has 1 amide bonds. The maximum absolute atomic E-state index is 12.2. The molecule has 0 aliphatic rings. The van der Waals surface area contributed by atoms with Gasteiger partial charge in [-0.15, -0.1) is 0 Å². The molecule has 0 atom stereocenters. The Bertz CT molecular complexity index is 863. The van der Waals surface area contributed by atoms with Gasteiger partial charge in [0.05, 0.1) is 17.7 Å². The van der Waals surface area contributed by atoms with Crippen molar-refractivity contribution in [1.29, 1.82) is 0 Å². The number of hydrogen-bond donors (Lipinski definition) is 1. The molecule has 0 radical (unpaired) electrons. The fourth-order valence-corrected chi connectivity index (χ4v) is 2.28. The fourth-order valence-electron chi connectivity index (χ4n) is 2.11. The number of aryl methyl sites for hydroxylation is 1. The first-order chi connectivity index (χ1) is 11.3. The van der Waals surface area contributed by atoms with E-state index in [-0.39, 0.29) is 6.54 Å². The SMILES string of the molecule is COc1ccc(Cl)cc1NC(=O)Cn1c(C)ccc([N+](=O)[O-])c1=O. The number of pyridine rings is 1. The molecule has 8 nitrogen and oxygen atoms in total. The lowest BCUT2D eigenvalue weighted by atomic mass is 10.3. The quantitative estimate of drug-likeness (QED) is 0.657. The van der Waals surface area contributed by atoms with E-state index in [0.717, 1.165) is 10.6 Å². The molecule has 0 aliphatic carbocycles. The van der Waals surface area contributed by atoms with Gasteiger partial charge in [-0.25, -0.2) is 0 Å². The molecule has 0 unspecified atom stereocenters. The van der Waals surface area contributed by atoms with Gasteiger partial charge in [0.25, 0.3) is 0 Å². The third-order valence-electron chi connectivity index (χ3n) is 3.31. The Hall–Kier alpha value is -2.87. The molecule has 1 aromatic carbocycles. The number of methoxy groups -OCH3 is 1. The average molecular weight is 352 g/mol.